The summed E-state index contributed by atoms with van der Waals surface area (Å²) in [6.45, 7) is 1.06. The molecule has 1 aromatic carbocycles. The van der Waals surface area contributed by atoms with Gasteiger partial charge in [-0.15, -0.1) is 11.3 Å². The van der Waals surface area contributed by atoms with Crippen LogP contribution < -0.4 is 11.1 Å². The first-order valence-electron chi connectivity index (χ1n) is 7.14. The Hall–Kier alpha value is -2.22. The summed E-state index contributed by atoms with van der Waals surface area (Å²) in [5, 5.41) is 3.15. The van der Waals surface area contributed by atoms with Gasteiger partial charge in [-0.3, -0.25) is 9.59 Å². The summed E-state index contributed by atoms with van der Waals surface area (Å²) >= 11 is 1.30. The van der Waals surface area contributed by atoms with Gasteiger partial charge in [-0.05, 0) is 11.6 Å². The minimum atomic E-state index is -0.674. The van der Waals surface area contributed by atoms with Crippen LogP contribution in [-0.4, -0.2) is 37.7 Å². The van der Waals surface area contributed by atoms with Crippen molar-refractivity contribution in [2.24, 2.45) is 5.73 Å². The van der Waals surface area contributed by atoms with E-state index in [4.69, 9.17) is 15.2 Å². The van der Waals surface area contributed by atoms with Gasteiger partial charge < -0.3 is 20.5 Å². The van der Waals surface area contributed by atoms with Gasteiger partial charge in [0.1, 0.15) is 5.00 Å². The third-order valence-electron chi connectivity index (χ3n) is 3.40. The molecule has 120 valence electrons. The molecule has 1 aliphatic rings. The summed E-state index contributed by atoms with van der Waals surface area (Å²) in [5.74, 6) is -0.923. The standard InChI is InChI=1S/C16H16N2O4S/c17-14(19)11-8-13(10-4-2-1-3-5-10)23-16(11)18-15(20)12-9-21-6-7-22-12/h1-5,8,12H,6-7,9H2,(H2,17,19)(H,18,20)/t12-/m0/s1. The second kappa shape index (κ2) is 6.91. The monoisotopic (exact) mass is 332 g/mol. The van der Waals surface area contributed by atoms with Crippen molar-refractivity contribution < 1.29 is 19.1 Å². The third-order valence-corrected chi connectivity index (χ3v) is 4.50. The highest BCUT2D eigenvalue weighted by Crippen LogP contribution is 2.35. The van der Waals surface area contributed by atoms with Crippen molar-refractivity contribution in [2.45, 2.75) is 6.10 Å². The zero-order valence-corrected chi connectivity index (χ0v) is 13.1. The van der Waals surface area contributed by atoms with Crippen LogP contribution in [0, 0.1) is 0 Å². The smallest absolute Gasteiger partial charge is 0.256 e. The highest BCUT2D eigenvalue weighted by atomic mass is 32.1. The lowest BCUT2D eigenvalue weighted by atomic mass is 10.1. The number of carbonyl (C=O) groups is 2. The Morgan fingerprint density at radius 1 is 1.22 bits per heavy atom. The van der Waals surface area contributed by atoms with E-state index in [1.165, 1.54) is 11.3 Å². The van der Waals surface area contributed by atoms with Crippen LogP contribution in [0.25, 0.3) is 10.4 Å². The van der Waals surface area contributed by atoms with Crippen LogP contribution in [0.2, 0.25) is 0 Å². The molecule has 2 aromatic rings. The highest BCUT2D eigenvalue weighted by Gasteiger charge is 2.25. The topological polar surface area (TPSA) is 90.7 Å². The maximum Gasteiger partial charge on any atom is 0.256 e. The van der Waals surface area contributed by atoms with Gasteiger partial charge in [0.05, 0.1) is 25.4 Å². The van der Waals surface area contributed by atoms with Crippen LogP contribution >= 0.6 is 11.3 Å². The molecule has 1 saturated heterocycles. The number of amides is 2. The second-order valence-electron chi connectivity index (χ2n) is 5.01. The highest BCUT2D eigenvalue weighted by molar-refractivity contribution is 7.20. The molecule has 3 N–H and O–H groups in total. The average molecular weight is 332 g/mol. The number of nitrogens with two attached hydrogens (primary N) is 1. The molecule has 2 heterocycles. The maximum atomic E-state index is 12.2. The molecule has 1 fully saturated rings. The predicted octanol–water partition coefficient (Wildman–Crippen LogP) is 1.87. The van der Waals surface area contributed by atoms with Crippen molar-refractivity contribution in [1.82, 2.24) is 0 Å². The van der Waals surface area contributed by atoms with E-state index >= 15 is 0 Å². The summed E-state index contributed by atoms with van der Waals surface area (Å²) in [6.07, 6.45) is -0.674. The molecule has 1 atom stereocenters. The summed E-state index contributed by atoms with van der Waals surface area (Å²) in [4.78, 5) is 24.7. The Balaban J connectivity index is 1.84. The fourth-order valence-corrected chi connectivity index (χ4v) is 3.31. The Morgan fingerprint density at radius 3 is 2.65 bits per heavy atom. The normalized spacial score (nSPS) is 17.7. The Bertz CT molecular complexity index is 708. The number of hydrogen-bond acceptors (Lipinski definition) is 5. The maximum absolute atomic E-state index is 12.2. The molecule has 0 saturated carbocycles. The lowest BCUT2D eigenvalue weighted by Gasteiger charge is -2.21. The van der Waals surface area contributed by atoms with Crippen LogP contribution in [-0.2, 0) is 14.3 Å². The Morgan fingerprint density at radius 2 is 2.00 bits per heavy atom. The lowest BCUT2D eigenvalue weighted by Crippen LogP contribution is -2.39. The minimum absolute atomic E-state index is 0.203. The summed E-state index contributed by atoms with van der Waals surface area (Å²) < 4.78 is 10.6. The molecular formula is C16H16N2O4S. The van der Waals surface area contributed by atoms with E-state index in [1.54, 1.807) is 6.07 Å². The fourth-order valence-electron chi connectivity index (χ4n) is 2.24. The van der Waals surface area contributed by atoms with Crippen LogP contribution in [0.15, 0.2) is 36.4 Å². The van der Waals surface area contributed by atoms with Gasteiger partial charge in [-0.2, -0.15) is 0 Å². The first kappa shape index (κ1) is 15.7. The number of nitrogens with one attached hydrogen (secondary N) is 1. The molecule has 23 heavy (non-hydrogen) atoms. The van der Waals surface area contributed by atoms with Crippen molar-refractivity contribution in [1.29, 1.82) is 0 Å². The van der Waals surface area contributed by atoms with Crippen molar-refractivity contribution in [3.63, 3.8) is 0 Å². The second-order valence-corrected chi connectivity index (χ2v) is 6.06. The molecule has 6 nitrogen and oxygen atoms in total. The quantitative estimate of drug-likeness (QED) is 0.894. The van der Waals surface area contributed by atoms with Gasteiger partial charge in [0, 0.05) is 4.88 Å². The van der Waals surface area contributed by atoms with Gasteiger partial charge in [0.2, 0.25) is 0 Å². The summed E-state index contributed by atoms with van der Waals surface area (Å²) in [7, 11) is 0. The van der Waals surface area contributed by atoms with Gasteiger partial charge in [0.25, 0.3) is 11.8 Å². The van der Waals surface area contributed by atoms with Crippen LogP contribution in [0.3, 0.4) is 0 Å². The first-order valence-corrected chi connectivity index (χ1v) is 7.96. The van der Waals surface area contributed by atoms with Gasteiger partial charge >= 0.3 is 0 Å². The van der Waals surface area contributed by atoms with Crippen LogP contribution in [0.4, 0.5) is 5.00 Å². The van der Waals surface area contributed by atoms with Gasteiger partial charge in [-0.1, -0.05) is 30.3 Å². The minimum Gasteiger partial charge on any atom is -0.376 e. The fraction of sp³-hybridized carbons (Fsp3) is 0.250. The van der Waals surface area contributed by atoms with Crippen molar-refractivity contribution in [3.8, 4) is 10.4 Å². The van der Waals surface area contributed by atoms with E-state index in [-0.39, 0.29) is 12.5 Å². The van der Waals surface area contributed by atoms with Crippen molar-refractivity contribution >= 4 is 28.2 Å². The van der Waals surface area contributed by atoms with Crippen molar-refractivity contribution in [3.05, 3.63) is 42.0 Å². The lowest BCUT2D eigenvalue weighted by molar-refractivity contribution is -0.142. The largest absolute Gasteiger partial charge is 0.376 e. The molecule has 1 aromatic heterocycles. The number of ether oxygens (including phenoxy) is 2. The molecule has 0 bridgehead atoms. The van der Waals surface area contributed by atoms with E-state index in [2.05, 4.69) is 5.32 Å². The number of rotatable bonds is 4. The van der Waals surface area contributed by atoms with Gasteiger partial charge in [-0.25, -0.2) is 0 Å². The number of primary amides is 1. The van der Waals surface area contributed by atoms with Crippen molar-refractivity contribution in [2.75, 3.05) is 25.1 Å². The van der Waals surface area contributed by atoms with E-state index in [0.29, 0.717) is 23.8 Å². The van der Waals surface area contributed by atoms with E-state index in [0.717, 1.165) is 10.4 Å². The number of anilines is 1. The molecule has 1 aliphatic heterocycles. The molecular weight excluding hydrogens is 316 g/mol. The SMILES string of the molecule is NC(=O)c1cc(-c2ccccc2)sc1NC(=O)[C@@H]1COCCO1. The molecule has 0 unspecified atom stereocenters. The number of hydrogen-bond donors (Lipinski definition) is 2. The molecule has 3 rings (SSSR count). The molecule has 7 heteroatoms. The number of carbonyl (C=O) groups excluding carboxylic acids is 2. The summed E-state index contributed by atoms with van der Waals surface area (Å²) in [6, 6.07) is 11.3. The first-order chi connectivity index (χ1) is 11.1. The van der Waals surface area contributed by atoms with E-state index in [9.17, 15) is 9.59 Å². The number of benzene rings is 1. The zero-order chi connectivity index (χ0) is 16.2. The molecule has 2 amide bonds. The molecule has 0 aliphatic carbocycles. The average Bonchev–Trinajstić information content (AvgIpc) is 3.00. The summed E-state index contributed by atoms with van der Waals surface area (Å²) in [5.41, 5.74) is 6.67. The van der Waals surface area contributed by atoms with Crippen LogP contribution in [0.5, 0.6) is 0 Å². The van der Waals surface area contributed by atoms with E-state index < -0.39 is 12.0 Å². The number of thiophene rings is 1. The third kappa shape index (κ3) is 3.58. The predicted molar refractivity (Wildman–Crippen MR) is 87.5 cm³/mol. The molecule has 0 spiro atoms. The van der Waals surface area contributed by atoms with E-state index in [1.807, 2.05) is 30.3 Å². The Kier molecular flexibility index (Phi) is 4.71. The van der Waals surface area contributed by atoms with Gasteiger partial charge in [0.15, 0.2) is 6.10 Å². The molecule has 0 radical (unpaired) electrons. The van der Waals surface area contributed by atoms with Crippen LogP contribution in [0.1, 0.15) is 10.4 Å². The zero-order valence-electron chi connectivity index (χ0n) is 12.3. The Labute approximate surface area is 137 Å².